The fraction of sp³-hybridized carbons (Fsp3) is 0.667. The molecule has 1 amide bonds. The molecule has 1 atom stereocenters. The molecule has 1 saturated carbocycles. The van der Waals surface area contributed by atoms with Gasteiger partial charge in [0.2, 0.25) is 10.0 Å². The molecule has 9 heteroatoms. The van der Waals surface area contributed by atoms with Crippen molar-refractivity contribution in [3.05, 3.63) is 11.4 Å². The van der Waals surface area contributed by atoms with Gasteiger partial charge in [-0.2, -0.15) is 5.10 Å². The van der Waals surface area contributed by atoms with Crippen LogP contribution in [0, 0.1) is 0 Å². The first-order chi connectivity index (χ1) is 9.84. The number of amides is 1. The van der Waals surface area contributed by atoms with Crippen LogP contribution in [0.4, 0.5) is 0 Å². The maximum Gasteiger partial charge on any atom is 0.273 e. The number of carbonyl (C=O) groups excluding carboxylic acids is 1. The first kappa shape index (κ1) is 15.9. The second-order valence-electron chi connectivity index (χ2n) is 5.17. The second-order valence-corrected chi connectivity index (χ2v) is 6.67. The summed E-state index contributed by atoms with van der Waals surface area (Å²) in [6.07, 6.45) is 1.74. The van der Waals surface area contributed by atoms with Crippen LogP contribution >= 0.6 is 0 Å². The van der Waals surface area contributed by atoms with Crippen molar-refractivity contribution in [1.29, 1.82) is 0 Å². The molecule has 4 N–H and O–H groups in total. The Hall–Kier alpha value is -1.45. The lowest BCUT2D eigenvalue weighted by atomic mass is 10.2. The van der Waals surface area contributed by atoms with Gasteiger partial charge in [0.15, 0.2) is 5.69 Å². The monoisotopic (exact) mass is 316 g/mol. The van der Waals surface area contributed by atoms with Crippen molar-refractivity contribution in [1.82, 2.24) is 15.5 Å². The molecule has 1 unspecified atom stereocenters. The number of aromatic nitrogens is 2. The highest BCUT2D eigenvalue weighted by molar-refractivity contribution is 7.89. The van der Waals surface area contributed by atoms with Crippen molar-refractivity contribution < 1.29 is 17.9 Å². The second kappa shape index (κ2) is 6.12. The molecule has 1 aromatic rings. The molecule has 0 aromatic carbocycles. The van der Waals surface area contributed by atoms with Crippen LogP contribution in [0.3, 0.4) is 0 Å². The van der Waals surface area contributed by atoms with Gasteiger partial charge in [-0.25, -0.2) is 13.6 Å². The van der Waals surface area contributed by atoms with Crippen molar-refractivity contribution in [3.63, 3.8) is 0 Å². The number of carbonyl (C=O) groups is 1. The van der Waals surface area contributed by atoms with Gasteiger partial charge in [0, 0.05) is 18.6 Å². The zero-order valence-corrected chi connectivity index (χ0v) is 12.9. The predicted octanol–water partition coefficient (Wildman–Crippen LogP) is 0.0893. The molecule has 0 spiro atoms. The third-order valence-electron chi connectivity index (χ3n) is 3.18. The molecule has 1 aliphatic rings. The summed E-state index contributed by atoms with van der Waals surface area (Å²) in [6.45, 7) is 4.49. The number of sulfonamides is 1. The molecule has 1 aliphatic carbocycles. The molecule has 0 radical (unpaired) electrons. The van der Waals surface area contributed by atoms with Crippen LogP contribution in [0.15, 0.2) is 4.90 Å². The summed E-state index contributed by atoms with van der Waals surface area (Å²) in [5, 5.41) is 14.4. The van der Waals surface area contributed by atoms with Crippen molar-refractivity contribution in [3.8, 4) is 0 Å². The number of H-pyrrole nitrogens is 1. The van der Waals surface area contributed by atoms with E-state index in [1.54, 1.807) is 6.92 Å². The zero-order valence-electron chi connectivity index (χ0n) is 12.0. The van der Waals surface area contributed by atoms with Gasteiger partial charge in [-0.3, -0.25) is 9.89 Å². The normalized spacial score (nSPS) is 16.7. The Morgan fingerprint density at radius 3 is 2.76 bits per heavy atom. The van der Waals surface area contributed by atoms with Crippen LogP contribution in [-0.4, -0.2) is 43.8 Å². The Bertz CT molecular complexity index is 621. The number of ether oxygens (including phenoxy) is 1. The summed E-state index contributed by atoms with van der Waals surface area (Å²) in [7, 11) is -4.01. The highest BCUT2D eigenvalue weighted by Crippen LogP contribution is 2.42. The molecule has 0 aliphatic heterocycles. The van der Waals surface area contributed by atoms with Gasteiger partial charge < -0.3 is 10.1 Å². The lowest BCUT2D eigenvalue weighted by Crippen LogP contribution is -2.37. The Labute approximate surface area is 123 Å². The van der Waals surface area contributed by atoms with Crippen molar-refractivity contribution in [2.45, 2.75) is 43.5 Å². The van der Waals surface area contributed by atoms with Gasteiger partial charge in [-0.15, -0.1) is 0 Å². The summed E-state index contributed by atoms with van der Waals surface area (Å²) >= 11 is 0. The standard InChI is InChI=1S/C12H20N4O4S/c1-3-20-6-7(2)14-12(17)10-11(21(13,18)19)9(15-16-10)8-4-5-8/h7-8H,3-6H2,1-2H3,(H,14,17)(H,15,16)(H2,13,18,19). The van der Waals surface area contributed by atoms with E-state index in [1.165, 1.54) is 0 Å². The van der Waals surface area contributed by atoms with Crippen LogP contribution in [0.5, 0.6) is 0 Å². The molecule has 1 aromatic heterocycles. The molecular formula is C12H20N4O4S. The number of primary sulfonamides is 1. The highest BCUT2D eigenvalue weighted by atomic mass is 32.2. The minimum absolute atomic E-state index is 0.0909. The molecule has 1 heterocycles. The Balaban J connectivity index is 2.21. The van der Waals surface area contributed by atoms with Crippen molar-refractivity contribution in [2.24, 2.45) is 5.14 Å². The number of aromatic amines is 1. The highest BCUT2D eigenvalue weighted by Gasteiger charge is 2.36. The lowest BCUT2D eigenvalue weighted by molar-refractivity contribution is 0.0864. The maximum absolute atomic E-state index is 12.2. The van der Waals surface area contributed by atoms with Crippen LogP contribution in [-0.2, 0) is 14.8 Å². The number of hydrogen-bond acceptors (Lipinski definition) is 5. The largest absolute Gasteiger partial charge is 0.380 e. The van der Waals surface area contributed by atoms with Gasteiger partial charge in [0.05, 0.1) is 12.3 Å². The van der Waals surface area contributed by atoms with E-state index in [2.05, 4.69) is 15.5 Å². The molecule has 118 valence electrons. The van der Waals surface area contributed by atoms with Crippen molar-refractivity contribution in [2.75, 3.05) is 13.2 Å². The molecule has 21 heavy (non-hydrogen) atoms. The van der Waals surface area contributed by atoms with E-state index >= 15 is 0 Å². The zero-order chi connectivity index (χ0) is 15.6. The van der Waals surface area contributed by atoms with Crippen molar-refractivity contribution >= 4 is 15.9 Å². The summed E-state index contributed by atoms with van der Waals surface area (Å²) in [5.74, 6) is -0.484. The smallest absolute Gasteiger partial charge is 0.273 e. The molecule has 0 bridgehead atoms. The van der Waals surface area contributed by atoms with Gasteiger partial charge in [-0.05, 0) is 26.7 Å². The number of rotatable bonds is 7. The van der Waals surface area contributed by atoms with E-state index in [0.29, 0.717) is 18.9 Å². The minimum atomic E-state index is -4.01. The van der Waals surface area contributed by atoms with E-state index in [4.69, 9.17) is 9.88 Å². The van der Waals surface area contributed by atoms with E-state index in [9.17, 15) is 13.2 Å². The summed E-state index contributed by atoms with van der Waals surface area (Å²) in [5.41, 5.74) is 0.253. The van der Waals surface area contributed by atoms with Gasteiger partial charge >= 0.3 is 0 Å². The summed E-state index contributed by atoms with van der Waals surface area (Å²) in [6, 6.07) is -0.258. The Kier molecular flexibility index (Phi) is 4.64. The Morgan fingerprint density at radius 2 is 2.24 bits per heavy atom. The third-order valence-corrected chi connectivity index (χ3v) is 4.16. The van der Waals surface area contributed by atoms with Crippen LogP contribution in [0.1, 0.15) is 48.8 Å². The van der Waals surface area contributed by atoms with E-state index in [0.717, 1.165) is 12.8 Å². The third kappa shape index (κ3) is 3.80. The molecular weight excluding hydrogens is 296 g/mol. The number of nitrogens with two attached hydrogens (primary N) is 1. The molecule has 2 rings (SSSR count). The van der Waals surface area contributed by atoms with E-state index < -0.39 is 15.9 Å². The van der Waals surface area contributed by atoms with Crippen LogP contribution in [0.2, 0.25) is 0 Å². The number of nitrogens with one attached hydrogen (secondary N) is 2. The first-order valence-corrected chi connectivity index (χ1v) is 8.38. The topological polar surface area (TPSA) is 127 Å². The van der Waals surface area contributed by atoms with Gasteiger partial charge in [0.25, 0.3) is 5.91 Å². The Morgan fingerprint density at radius 1 is 1.57 bits per heavy atom. The van der Waals surface area contributed by atoms with Crippen LogP contribution in [0.25, 0.3) is 0 Å². The van der Waals surface area contributed by atoms with Gasteiger partial charge in [-0.1, -0.05) is 0 Å². The minimum Gasteiger partial charge on any atom is -0.380 e. The summed E-state index contributed by atoms with van der Waals surface area (Å²) in [4.78, 5) is 12.0. The quantitative estimate of drug-likeness (QED) is 0.657. The molecule has 0 saturated heterocycles. The van der Waals surface area contributed by atoms with E-state index in [-0.39, 0.29) is 22.5 Å². The van der Waals surface area contributed by atoms with Gasteiger partial charge in [0.1, 0.15) is 4.90 Å². The lowest BCUT2D eigenvalue weighted by Gasteiger charge is -2.13. The SMILES string of the molecule is CCOCC(C)NC(=O)c1n[nH]c(C2CC2)c1S(N)(=O)=O. The van der Waals surface area contributed by atoms with E-state index in [1.807, 2.05) is 6.92 Å². The average molecular weight is 316 g/mol. The number of hydrogen-bond donors (Lipinski definition) is 3. The maximum atomic E-state index is 12.2. The average Bonchev–Trinajstić information content (AvgIpc) is 3.13. The fourth-order valence-corrected chi connectivity index (χ4v) is 2.99. The first-order valence-electron chi connectivity index (χ1n) is 6.84. The predicted molar refractivity (Wildman–Crippen MR) is 75.4 cm³/mol. The molecule has 1 fully saturated rings. The number of nitrogens with zero attached hydrogens (tertiary/aromatic N) is 1. The molecule has 8 nitrogen and oxygen atoms in total. The summed E-state index contributed by atoms with van der Waals surface area (Å²) < 4.78 is 28.7. The fourth-order valence-electron chi connectivity index (χ4n) is 2.06. The van der Waals surface area contributed by atoms with Crippen LogP contribution < -0.4 is 10.5 Å².